The number of carbonyl (C=O) groups is 1. The van der Waals surface area contributed by atoms with Crippen molar-refractivity contribution >= 4 is 5.91 Å². The van der Waals surface area contributed by atoms with Crippen molar-refractivity contribution in [2.45, 2.75) is 32.0 Å². The van der Waals surface area contributed by atoms with Crippen molar-refractivity contribution in [1.29, 1.82) is 0 Å². The number of amides is 1. The molecular formula is C16H17F3N2O2. The van der Waals surface area contributed by atoms with Crippen molar-refractivity contribution in [3.8, 4) is 0 Å². The van der Waals surface area contributed by atoms with E-state index in [0.29, 0.717) is 11.5 Å². The molecule has 4 nitrogen and oxygen atoms in total. The zero-order valence-corrected chi connectivity index (χ0v) is 12.8. The lowest BCUT2D eigenvalue weighted by Crippen LogP contribution is -2.31. The fourth-order valence-electron chi connectivity index (χ4n) is 2.26. The topological polar surface area (TPSA) is 46.3 Å². The summed E-state index contributed by atoms with van der Waals surface area (Å²) < 4.78 is 44.7. The van der Waals surface area contributed by atoms with Gasteiger partial charge >= 0.3 is 6.18 Å². The largest absolute Gasteiger partial charge is 0.396 e. The van der Waals surface area contributed by atoms with Crippen molar-refractivity contribution in [3.05, 3.63) is 53.4 Å². The second kappa shape index (κ2) is 6.85. The fourth-order valence-corrected chi connectivity index (χ4v) is 2.26. The average Bonchev–Trinajstić information content (AvgIpc) is 2.89. The second-order valence-corrected chi connectivity index (χ2v) is 5.39. The summed E-state index contributed by atoms with van der Waals surface area (Å²) in [5.41, 5.74) is 0.584. The van der Waals surface area contributed by atoms with Gasteiger partial charge in [0.1, 0.15) is 11.5 Å². The van der Waals surface area contributed by atoms with E-state index in [4.69, 9.17) is 4.52 Å². The summed E-state index contributed by atoms with van der Waals surface area (Å²) in [5, 5.41) is 3.73. The predicted molar refractivity (Wildman–Crippen MR) is 77.6 cm³/mol. The molecule has 0 bridgehead atoms. The Kier molecular flexibility index (Phi) is 5.08. The molecule has 124 valence electrons. The van der Waals surface area contributed by atoms with Gasteiger partial charge in [0.05, 0.1) is 12.5 Å². The van der Waals surface area contributed by atoms with Crippen LogP contribution in [-0.2, 0) is 11.3 Å². The first-order valence-electron chi connectivity index (χ1n) is 7.05. The Morgan fingerprint density at radius 3 is 2.48 bits per heavy atom. The number of alkyl halides is 3. The van der Waals surface area contributed by atoms with Crippen LogP contribution >= 0.6 is 0 Å². The van der Waals surface area contributed by atoms with Gasteiger partial charge in [0.25, 0.3) is 0 Å². The van der Waals surface area contributed by atoms with Gasteiger partial charge in [0.2, 0.25) is 5.91 Å². The van der Waals surface area contributed by atoms with E-state index >= 15 is 0 Å². The quantitative estimate of drug-likeness (QED) is 0.842. The first kappa shape index (κ1) is 17.1. The number of rotatable bonds is 5. The van der Waals surface area contributed by atoms with Crippen LogP contribution < -0.4 is 0 Å². The maximum absolute atomic E-state index is 13.3. The van der Waals surface area contributed by atoms with Gasteiger partial charge < -0.3 is 9.42 Å². The van der Waals surface area contributed by atoms with E-state index < -0.39 is 24.4 Å². The number of nitrogens with zero attached hydrogens (tertiary/aromatic N) is 2. The van der Waals surface area contributed by atoms with Crippen molar-refractivity contribution in [2.24, 2.45) is 0 Å². The standard InChI is InChI=1S/C16H17F3N2O2/c1-11-8-13(20-23-11)10-21(2)15(22)9-14(16(17,18)19)12-6-4-3-5-7-12/h3-8,14H,9-10H2,1-2H3. The molecule has 1 amide bonds. The Morgan fingerprint density at radius 1 is 1.30 bits per heavy atom. The van der Waals surface area contributed by atoms with E-state index in [1.807, 2.05) is 0 Å². The predicted octanol–water partition coefficient (Wildman–Crippen LogP) is 3.68. The van der Waals surface area contributed by atoms with Crippen LogP contribution in [-0.4, -0.2) is 29.2 Å². The maximum atomic E-state index is 13.3. The van der Waals surface area contributed by atoms with Crippen molar-refractivity contribution in [1.82, 2.24) is 10.1 Å². The summed E-state index contributed by atoms with van der Waals surface area (Å²) in [6.07, 6.45) is -5.12. The van der Waals surface area contributed by atoms with Crippen LogP contribution in [0.15, 0.2) is 40.9 Å². The first-order valence-corrected chi connectivity index (χ1v) is 7.05. The molecule has 1 unspecified atom stereocenters. The number of benzene rings is 1. The van der Waals surface area contributed by atoms with Crippen LogP contribution in [0.2, 0.25) is 0 Å². The van der Waals surface area contributed by atoms with E-state index in [2.05, 4.69) is 5.16 Å². The molecule has 0 aliphatic heterocycles. The Morgan fingerprint density at radius 2 is 1.96 bits per heavy atom. The van der Waals surface area contributed by atoms with Crippen LogP contribution in [0.3, 0.4) is 0 Å². The molecule has 0 saturated heterocycles. The van der Waals surface area contributed by atoms with Gasteiger partial charge in [-0.15, -0.1) is 0 Å². The molecular weight excluding hydrogens is 309 g/mol. The number of halogens is 3. The molecule has 1 heterocycles. The minimum absolute atomic E-state index is 0.0824. The Balaban J connectivity index is 2.08. The highest BCUT2D eigenvalue weighted by Gasteiger charge is 2.42. The van der Waals surface area contributed by atoms with E-state index in [1.54, 1.807) is 19.1 Å². The minimum atomic E-state index is -4.48. The number of hydrogen-bond acceptors (Lipinski definition) is 3. The Bertz CT molecular complexity index is 653. The zero-order chi connectivity index (χ0) is 17.0. The third kappa shape index (κ3) is 4.58. The maximum Gasteiger partial charge on any atom is 0.396 e. The normalized spacial score (nSPS) is 12.9. The number of hydrogen-bond donors (Lipinski definition) is 0. The van der Waals surface area contributed by atoms with E-state index in [1.165, 1.54) is 36.2 Å². The highest BCUT2D eigenvalue weighted by atomic mass is 19.4. The molecule has 1 atom stereocenters. The highest BCUT2D eigenvalue weighted by Crippen LogP contribution is 2.37. The first-order chi connectivity index (χ1) is 10.8. The van der Waals surface area contributed by atoms with Crippen molar-refractivity contribution in [3.63, 3.8) is 0 Å². The molecule has 0 saturated carbocycles. The van der Waals surface area contributed by atoms with Gasteiger partial charge in [-0.05, 0) is 12.5 Å². The molecule has 1 aromatic heterocycles. The lowest BCUT2D eigenvalue weighted by atomic mass is 9.94. The lowest BCUT2D eigenvalue weighted by molar-refractivity contribution is -0.160. The number of aryl methyl sites for hydroxylation is 1. The molecule has 1 aromatic carbocycles. The van der Waals surface area contributed by atoms with Gasteiger partial charge in [-0.2, -0.15) is 13.2 Å². The van der Waals surface area contributed by atoms with Crippen molar-refractivity contribution in [2.75, 3.05) is 7.05 Å². The van der Waals surface area contributed by atoms with Crippen LogP contribution in [0.25, 0.3) is 0 Å². The SMILES string of the molecule is Cc1cc(CN(C)C(=O)CC(c2ccccc2)C(F)(F)F)no1. The summed E-state index contributed by atoms with van der Waals surface area (Å²) in [7, 11) is 1.45. The molecule has 0 N–H and O–H groups in total. The van der Waals surface area contributed by atoms with Gasteiger partial charge in [-0.1, -0.05) is 35.5 Å². The summed E-state index contributed by atoms with van der Waals surface area (Å²) in [6, 6.07) is 9.10. The monoisotopic (exact) mass is 326 g/mol. The van der Waals surface area contributed by atoms with Gasteiger partial charge in [0.15, 0.2) is 0 Å². The second-order valence-electron chi connectivity index (χ2n) is 5.39. The third-order valence-corrected chi connectivity index (χ3v) is 3.48. The molecule has 0 radical (unpaired) electrons. The zero-order valence-electron chi connectivity index (χ0n) is 12.8. The van der Waals surface area contributed by atoms with E-state index in [9.17, 15) is 18.0 Å². The third-order valence-electron chi connectivity index (χ3n) is 3.48. The van der Waals surface area contributed by atoms with E-state index in [-0.39, 0.29) is 12.1 Å². The molecule has 0 aliphatic rings. The summed E-state index contributed by atoms with van der Waals surface area (Å²) >= 11 is 0. The molecule has 0 spiro atoms. The Hall–Kier alpha value is -2.31. The van der Waals surface area contributed by atoms with E-state index in [0.717, 1.165) is 0 Å². The lowest BCUT2D eigenvalue weighted by Gasteiger charge is -2.23. The summed E-state index contributed by atoms with van der Waals surface area (Å²) in [4.78, 5) is 13.4. The summed E-state index contributed by atoms with van der Waals surface area (Å²) in [6.45, 7) is 1.81. The molecule has 2 rings (SSSR count). The summed E-state index contributed by atoms with van der Waals surface area (Å²) in [5.74, 6) is -1.84. The molecule has 0 aliphatic carbocycles. The Labute approximate surface area is 131 Å². The average molecular weight is 326 g/mol. The number of aromatic nitrogens is 1. The van der Waals surface area contributed by atoms with Crippen LogP contribution in [0, 0.1) is 6.92 Å². The fraction of sp³-hybridized carbons (Fsp3) is 0.375. The van der Waals surface area contributed by atoms with Gasteiger partial charge in [-0.3, -0.25) is 4.79 Å². The smallest absolute Gasteiger partial charge is 0.361 e. The van der Waals surface area contributed by atoms with Gasteiger partial charge in [-0.25, -0.2) is 0 Å². The van der Waals surface area contributed by atoms with Gasteiger partial charge in [0, 0.05) is 19.5 Å². The van der Waals surface area contributed by atoms with Crippen LogP contribution in [0.5, 0.6) is 0 Å². The van der Waals surface area contributed by atoms with Crippen molar-refractivity contribution < 1.29 is 22.5 Å². The number of carbonyl (C=O) groups excluding carboxylic acids is 1. The molecule has 2 aromatic rings. The van der Waals surface area contributed by atoms with Crippen LogP contribution in [0.1, 0.15) is 29.4 Å². The molecule has 7 heteroatoms. The molecule has 23 heavy (non-hydrogen) atoms. The van der Waals surface area contributed by atoms with Crippen LogP contribution in [0.4, 0.5) is 13.2 Å². The highest BCUT2D eigenvalue weighted by molar-refractivity contribution is 5.77. The minimum Gasteiger partial charge on any atom is -0.361 e. The molecule has 0 fully saturated rings.